The molecule has 0 rings (SSSR count). The fourth-order valence-electron chi connectivity index (χ4n) is 0.612. The first-order valence-electron chi connectivity index (χ1n) is 3.34. The summed E-state index contributed by atoms with van der Waals surface area (Å²) < 4.78 is 20.9. The molecular formula is C6H16O2S. The first-order valence-corrected chi connectivity index (χ1v) is 5.77. The molecule has 3 heteroatoms. The van der Waals surface area contributed by atoms with Crippen LogP contribution in [0.25, 0.3) is 0 Å². The van der Waals surface area contributed by atoms with E-state index in [2.05, 4.69) is 0 Å². The molecule has 0 atom stereocenters. The van der Waals surface area contributed by atoms with Crippen LogP contribution >= 0.6 is 0 Å². The highest BCUT2D eigenvalue weighted by Crippen LogP contribution is 2.19. The minimum atomic E-state index is -3.15. The van der Waals surface area contributed by atoms with E-state index < -0.39 is 9.35 Å². The molecule has 0 aromatic rings. The van der Waals surface area contributed by atoms with Crippen molar-refractivity contribution in [2.75, 3.05) is 17.3 Å². The molecule has 0 radical (unpaired) electrons. The fourth-order valence-corrected chi connectivity index (χ4v) is 1.84. The van der Waals surface area contributed by atoms with E-state index in [0.717, 1.165) is 0 Å². The van der Waals surface area contributed by atoms with Gasteiger partial charge in [0.25, 0.3) is 0 Å². The molecule has 58 valence electrons. The van der Waals surface area contributed by atoms with E-state index >= 15 is 0 Å². The third-order valence-electron chi connectivity index (χ3n) is 1.97. The molecule has 0 aliphatic heterocycles. The van der Waals surface area contributed by atoms with E-state index in [9.17, 15) is 8.76 Å². The van der Waals surface area contributed by atoms with Crippen LogP contribution < -0.4 is 0 Å². The lowest BCUT2D eigenvalue weighted by atomic mass is 10.9. The van der Waals surface area contributed by atoms with E-state index in [4.69, 9.17) is 0 Å². The molecule has 0 amide bonds. The quantitative estimate of drug-likeness (QED) is 0.662. The maximum atomic E-state index is 11.4. The second-order valence-electron chi connectivity index (χ2n) is 2.29. The average molecular weight is 152 g/mol. The Bertz CT molecular complexity index is 129. The van der Waals surface area contributed by atoms with E-state index in [1.165, 1.54) is 0 Å². The third-order valence-corrected chi connectivity index (χ3v) is 5.90. The van der Waals surface area contributed by atoms with Crippen LogP contribution in [0.4, 0.5) is 0 Å². The largest absolute Gasteiger partial charge is 0.303 e. The Balaban J connectivity index is 4.42. The molecule has 0 aliphatic rings. The standard InChI is InChI=1S/C6H16O2S/c1-4-9(7,8,5-2)6-3/h4-6H2,1-3H3,(H,7,8). The summed E-state index contributed by atoms with van der Waals surface area (Å²) in [5.41, 5.74) is 0. The SMILES string of the molecule is CCS(=O)(O)(CC)CC. The molecule has 0 aromatic carbocycles. The van der Waals surface area contributed by atoms with Crippen molar-refractivity contribution in [1.82, 2.24) is 0 Å². The molecule has 0 bridgehead atoms. The molecule has 0 spiro atoms. The molecule has 0 fully saturated rings. The van der Waals surface area contributed by atoms with Gasteiger partial charge in [0.15, 0.2) is 0 Å². The van der Waals surface area contributed by atoms with Crippen LogP contribution in [-0.2, 0) is 9.35 Å². The van der Waals surface area contributed by atoms with Gasteiger partial charge in [0, 0.05) is 17.3 Å². The van der Waals surface area contributed by atoms with Crippen LogP contribution in [0.3, 0.4) is 0 Å². The highest BCUT2D eigenvalue weighted by molar-refractivity contribution is 8.15. The molecular weight excluding hydrogens is 136 g/mol. The Labute approximate surface area is 56.9 Å². The monoisotopic (exact) mass is 152 g/mol. The van der Waals surface area contributed by atoms with E-state index in [0.29, 0.717) is 17.3 Å². The predicted molar refractivity (Wildman–Crippen MR) is 42.4 cm³/mol. The van der Waals surface area contributed by atoms with Crippen LogP contribution in [0.15, 0.2) is 0 Å². The lowest BCUT2D eigenvalue weighted by Gasteiger charge is -2.39. The second kappa shape index (κ2) is 2.39. The van der Waals surface area contributed by atoms with Crippen LogP contribution in [0.2, 0.25) is 0 Å². The Morgan fingerprint density at radius 1 is 1.11 bits per heavy atom. The average Bonchev–Trinajstić information content (AvgIpc) is 1.90. The first kappa shape index (κ1) is 9.11. The topological polar surface area (TPSA) is 37.3 Å². The van der Waals surface area contributed by atoms with Gasteiger partial charge in [-0.3, -0.25) is 0 Å². The predicted octanol–water partition coefficient (Wildman–Crippen LogP) is 1.34. The zero-order chi connectivity index (χ0) is 7.57. The zero-order valence-electron chi connectivity index (χ0n) is 6.39. The van der Waals surface area contributed by atoms with Crippen molar-refractivity contribution in [3.05, 3.63) is 0 Å². The zero-order valence-corrected chi connectivity index (χ0v) is 7.20. The highest BCUT2D eigenvalue weighted by Gasteiger charge is 2.19. The molecule has 0 saturated heterocycles. The summed E-state index contributed by atoms with van der Waals surface area (Å²) in [4.78, 5) is 0. The van der Waals surface area contributed by atoms with Gasteiger partial charge in [0.1, 0.15) is 0 Å². The summed E-state index contributed by atoms with van der Waals surface area (Å²) in [6.45, 7) is 5.30. The lowest BCUT2D eigenvalue weighted by molar-refractivity contribution is 0.515. The van der Waals surface area contributed by atoms with Crippen LogP contribution in [-0.4, -0.2) is 26.0 Å². The molecule has 0 unspecified atom stereocenters. The molecule has 2 nitrogen and oxygen atoms in total. The van der Waals surface area contributed by atoms with Gasteiger partial charge in [-0.2, -0.15) is 9.35 Å². The van der Waals surface area contributed by atoms with Crippen LogP contribution in [0.5, 0.6) is 0 Å². The fraction of sp³-hybridized carbons (Fsp3) is 1.00. The lowest BCUT2D eigenvalue weighted by Crippen LogP contribution is -2.39. The van der Waals surface area contributed by atoms with Gasteiger partial charge in [-0.05, 0) is 20.8 Å². The Morgan fingerprint density at radius 3 is 1.33 bits per heavy atom. The summed E-state index contributed by atoms with van der Waals surface area (Å²) in [5, 5.41) is 0. The Morgan fingerprint density at radius 2 is 1.33 bits per heavy atom. The number of rotatable bonds is 3. The van der Waals surface area contributed by atoms with Crippen LogP contribution in [0.1, 0.15) is 20.8 Å². The summed E-state index contributed by atoms with van der Waals surface area (Å²) in [5.74, 6) is 1.18. The van der Waals surface area contributed by atoms with E-state index in [1.54, 1.807) is 20.8 Å². The van der Waals surface area contributed by atoms with Crippen LogP contribution in [0, 0.1) is 0 Å². The maximum absolute atomic E-state index is 11.4. The number of hydrogen-bond donors (Lipinski definition) is 1. The molecule has 9 heavy (non-hydrogen) atoms. The summed E-state index contributed by atoms with van der Waals surface area (Å²) in [6.07, 6.45) is 0. The van der Waals surface area contributed by atoms with Gasteiger partial charge in [-0.15, -0.1) is 0 Å². The normalized spacial score (nSPS) is 16.7. The molecule has 0 aliphatic carbocycles. The van der Waals surface area contributed by atoms with Crippen molar-refractivity contribution < 1.29 is 8.76 Å². The van der Waals surface area contributed by atoms with Gasteiger partial charge in [0.05, 0.1) is 0 Å². The van der Waals surface area contributed by atoms with Crippen molar-refractivity contribution in [1.29, 1.82) is 0 Å². The van der Waals surface area contributed by atoms with E-state index in [1.807, 2.05) is 0 Å². The van der Waals surface area contributed by atoms with Crippen molar-refractivity contribution >= 4 is 9.35 Å². The van der Waals surface area contributed by atoms with Gasteiger partial charge >= 0.3 is 0 Å². The van der Waals surface area contributed by atoms with Crippen molar-refractivity contribution in [2.45, 2.75) is 20.8 Å². The van der Waals surface area contributed by atoms with Gasteiger partial charge in [-0.25, -0.2) is 4.21 Å². The first-order chi connectivity index (χ1) is 3.96. The number of hydrogen-bond acceptors (Lipinski definition) is 1. The van der Waals surface area contributed by atoms with Gasteiger partial charge < -0.3 is 4.55 Å². The van der Waals surface area contributed by atoms with Gasteiger partial charge in [-0.1, -0.05) is 0 Å². The molecule has 0 heterocycles. The molecule has 0 aromatic heterocycles. The third kappa shape index (κ3) is 2.06. The van der Waals surface area contributed by atoms with Crippen molar-refractivity contribution in [2.24, 2.45) is 0 Å². The van der Waals surface area contributed by atoms with Crippen molar-refractivity contribution in [3.63, 3.8) is 0 Å². The second-order valence-corrected chi connectivity index (χ2v) is 6.88. The maximum Gasteiger partial charge on any atom is 0.0313 e. The summed E-state index contributed by atoms with van der Waals surface area (Å²) in [6, 6.07) is 0. The van der Waals surface area contributed by atoms with Gasteiger partial charge in [0.2, 0.25) is 0 Å². The smallest absolute Gasteiger partial charge is 0.0313 e. The summed E-state index contributed by atoms with van der Waals surface area (Å²) in [7, 11) is -3.15. The Kier molecular flexibility index (Phi) is 2.41. The summed E-state index contributed by atoms with van der Waals surface area (Å²) >= 11 is 0. The molecule has 1 N–H and O–H groups in total. The minimum Gasteiger partial charge on any atom is -0.303 e. The van der Waals surface area contributed by atoms with Crippen molar-refractivity contribution in [3.8, 4) is 0 Å². The Hall–Kier alpha value is 0.110. The molecule has 0 saturated carbocycles. The highest BCUT2D eigenvalue weighted by atomic mass is 32.3. The minimum absolute atomic E-state index is 0.393. The van der Waals surface area contributed by atoms with E-state index in [-0.39, 0.29) is 0 Å².